The summed E-state index contributed by atoms with van der Waals surface area (Å²) in [5, 5.41) is 3.82. The summed E-state index contributed by atoms with van der Waals surface area (Å²) in [6.07, 6.45) is -0.477. The highest BCUT2D eigenvalue weighted by Gasteiger charge is 2.52. The largest absolute Gasteiger partial charge is 0.516 e. The molecule has 1 aromatic rings. The Labute approximate surface area is 97.7 Å². The zero-order valence-corrected chi connectivity index (χ0v) is 9.29. The van der Waals surface area contributed by atoms with Crippen LogP contribution in [0.3, 0.4) is 0 Å². The number of nitrogens with zero attached hydrogens (tertiary/aromatic N) is 2. The quantitative estimate of drug-likeness (QED) is 0.645. The van der Waals surface area contributed by atoms with E-state index in [2.05, 4.69) is 5.10 Å². The first-order valence-corrected chi connectivity index (χ1v) is 4.79. The fourth-order valence-electron chi connectivity index (χ4n) is 1.33. The Bertz CT molecular complexity index is 524. The molecule has 15 heavy (non-hydrogen) atoms. The van der Waals surface area contributed by atoms with Crippen LogP contribution in [0.4, 0.5) is 0 Å². The standard InChI is InChI=1S/C10H17BN2O2/c1-9(2)10(3,4)15-11(14-9)8-6-7-13(5)12-8/h6-7H,1-5H3/i5D3,6D,7D. The summed E-state index contributed by atoms with van der Waals surface area (Å²) in [7, 11) is -0.944. The maximum Gasteiger partial charge on any atom is 0.516 e. The molecule has 0 bridgehead atoms. The van der Waals surface area contributed by atoms with Gasteiger partial charge in [-0.2, -0.15) is 5.10 Å². The molecule has 2 rings (SSSR count). The van der Waals surface area contributed by atoms with Crippen molar-refractivity contribution < 1.29 is 16.2 Å². The summed E-state index contributed by atoms with van der Waals surface area (Å²) >= 11 is 0. The highest BCUT2D eigenvalue weighted by atomic mass is 16.7. The van der Waals surface area contributed by atoms with Gasteiger partial charge in [0, 0.05) is 17.3 Å². The van der Waals surface area contributed by atoms with Gasteiger partial charge in [-0.25, -0.2) is 0 Å². The number of aryl methyl sites for hydroxylation is 1. The minimum Gasteiger partial charge on any atom is -0.398 e. The first-order valence-electron chi connectivity index (χ1n) is 7.29. The Morgan fingerprint density at radius 1 is 1.40 bits per heavy atom. The van der Waals surface area contributed by atoms with E-state index in [9.17, 15) is 0 Å². The van der Waals surface area contributed by atoms with Crippen molar-refractivity contribution in [3.8, 4) is 0 Å². The fourth-order valence-corrected chi connectivity index (χ4v) is 1.33. The normalized spacial score (nSPS) is 29.1. The molecule has 1 fully saturated rings. The molecule has 2 heterocycles. The molecule has 4 nitrogen and oxygen atoms in total. The van der Waals surface area contributed by atoms with E-state index in [0.29, 0.717) is 4.68 Å². The Morgan fingerprint density at radius 2 is 2.00 bits per heavy atom. The minimum atomic E-state index is -2.60. The maximum absolute atomic E-state index is 7.84. The first-order chi connectivity index (χ1) is 8.87. The van der Waals surface area contributed by atoms with E-state index in [1.165, 1.54) is 0 Å². The first kappa shape index (κ1) is 6.06. The van der Waals surface area contributed by atoms with E-state index in [1.54, 1.807) is 0 Å². The molecule has 0 atom stereocenters. The molecule has 0 aromatic carbocycles. The average Bonchev–Trinajstić information content (AvgIpc) is 2.63. The molecule has 0 saturated carbocycles. The van der Waals surface area contributed by atoms with Crippen molar-refractivity contribution in [2.75, 3.05) is 0 Å². The maximum atomic E-state index is 7.84. The third-order valence-electron chi connectivity index (χ3n) is 2.97. The molecule has 0 radical (unpaired) electrons. The molecule has 0 amide bonds. The number of rotatable bonds is 1. The molecule has 0 unspecified atom stereocenters. The minimum absolute atomic E-state index is 0.0183. The van der Waals surface area contributed by atoms with E-state index in [0.717, 1.165) is 0 Å². The van der Waals surface area contributed by atoms with Crippen LogP contribution in [0.2, 0.25) is 0 Å². The van der Waals surface area contributed by atoms with Gasteiger partial charge in [0.2, 0.25) is 0 Å². The van der Waals surface area contributed by atoms with Gasteiger partial charge in [0.05, 0.1) is 19.5 Å². The number of aromatic nitrogens is 2. The SMILES string of the molecule is [2H]c1c(B2OC(C)(C)C(C)(C)O2)nn(C([2H])([2H])[2H])c1[2H]. The van der Waals surface area contributed by atoms with Crippen molar-refractivity contribution >= 4 is 12.7 Å². The predicted octanol–water partition coefficient (Wildman–Crippen LogP) is 0.719. The summed E-state index contributed by atoms with van der Waals surface area (Å²) in [6, 6.07) is -0.292. The molecule has 1 aromatic heterocycles. The van der Waals surface area contributed by atoms with Crippen molar-refractivity contribution in [1.82, 2.24) is 9.78 Å². The summed E-state index contributed by atoms with van der Waals surface area (Å²) in [6.45, 7) is 4.78. The zero-order chi connectivity index (χ0) is 15.5. The Kier molecular flexibility index (Phi) is 1.25. The van der Waals surface area contributed by atoms with E-state index in [1.807, 2.05) is 27.7 Å². The number of hydrogen-bond acceptors (Lipinski definition) is 3. The lowest BCUT2D eigenvalue weighted by Gasteiger charge is -2.32. The van der Waals surface area contributed by atoms with Gasteiger partial charge in [-0.05, 0) is 33.7 Å². The molecule has 1 aliphatic rings. The monoisotopic (exact) mass is 213 g/mol. The second kappa shape index (κ2) is 3.09. The van der Waals surface area contributed by atoms with Crippen LogP contribution in [0.5, 0.6) is 0 Å². The van der Waals surface area contributed by atoms with Crippen molar-refractivity contribution in [2.24, 2.45) is 6.98 Å². The van der Waals surface area contributed by atoms with Gasteiger partial charge >= 0.3 is 7.12 Å². The van der Waals surface area contributed by atoms with Gasteiger partial charge in [-0.3, -0.25) is 4.68 Å². The summed E-state index contributed by atoms with van der Waals surface area (Å²) in [5.74, 6) is 0. The highest BCUT2D eigenvalue weighted by Crippen LogP contribution is 2.36. The van der Waals surface area contributed by atoms with E-state index in [4.69, 9.17) is 16.2 Å². The van der Waals surface area contributed by atoms with Crippen LogP contribution in [0, 0.1) is 0 Å². The van der Waals surface area contributed by atoms with Crippen molar-refractivity contribution in [2.45, 2.75) is 38.9 Å². The van der Waals surface area contributed by atoms with E-state index >= 15 is 0 Å². The van der Waals surface area contributed by atoms with Crippen LogP contribution >= 0.6 is 0 Å². The van der Waals surface area contributed by atoms with Gasteiger partial charge in [-0.15, -0.1) is 0 Å². The molecule has 5 heteroatoms. The molecule has 0 spiro atoms. The lowest BCUT2D eigenvalue weighted by molar-refractivity contribution is 0.00578. The lowest BCUT2D eigenvalue weighted by atomic mass is 9.85. The van der Waals surface area contributed by atoms with Gasteiger partial charge < -0.3 is 9.31 Å². The third-order valence-corrected chi connectivity index (χ3v) is 2.97. The molecular formula is C10H17BN2O2. The van der Waals surface area contributed by atoms with Crippen molar-refractivity contribution in [3.05, 3.63) is 12.2 Å². The van der Waals surface area contributed by atoms with Crippen LogP contribution in [0.1, 0.15) is 34.5 Å². The summed E-state index contributed by atoms with van der Waals surface area (Å²) in [5.41, 5.74) is -1.21. The van der Waals surface area contributed by atoms with Gasteiger partial charge in [0.25, 0.3) is 0 Å². The Hall–Kier alpha value is -0.805. The molecule has 0 N–H and O–H groups in total. The van der Waals surface area contributed by atoms with Crippen LogP contribution in [0.25, 0.3) is 0 Å². The van der Waals surface area contributed by atoms with Crippen molar-refractivity contribution in [3.63, 3.8) is 0 Å². The van der Waals surface area contributed by atoms with E-state index in [-0.39, 0.29) is 11.6 Å². The highest BCUT2D eigenvalue weighted by molar-refractivity contribution is 6.61. The number of hydrogen-bond donors (Lipinski definition) is 0. The average molecular weight is 213 g/mol. The summed E-state index contributed by atoms with van der Waals surface area (Å²) in [4.78, 5) is 0. The van der Waals surface area contributed by atoms with Gasteiger partial charge in [0.1, 0.15) is 0 Å². The molecule has 1 saturated heterocycles. The molecule has 0 aliphatic carbocycles. The Balaban J connectivity index is 2.42. The van der Waals surface area contributed by atoms with Crippen LogP contribution in [-0.2, 0) is 16.3 Å². The lowest BCUT2D eigenvalue weighted by Crippen LogP contribution is -2.41. The molecule has 82 valence electrons. The van der Waals surface area contributed by atoms with Crippen LogP contribution < -0.4 is 5.59 Å². The summed E-state index contributed by atoms with van der Waals surface area (Å²) < 4.78 is 49.4. The fraction of sp³-hybridized carbons (Fsp3) is 0.700. The van der Waals surface area contributed by atoms with E-state index < -0.39 is 31.5 Å². The van der Waals surface area contributed by atoms with Crippen LogP contribution in [-0.4, -0.2) is 28.1 Å². The smallest absolute Gasteiger partial charge is 0.398 e. The topological polar surface area (TPSA) is 36.3 Å². The van der Waals surface area contributed by atoms with Crippen molar-refractivity contribution in [1.29, 1.82) is 0 Å². The Morgan fingerprint density at radius 3 is 2.47 bits per heavy atom. The third kappa shape index (κ3) is 1.70. The van der Waals surface area contributed by atoms with Gasteiger partial charge in [0.15, 0.2) is 0 Å². The van der Waals surface area contributed by atoms with Crippen LogP contribution in [0.15, 0.2) is 12.2 Å². The molecular weight excluding hydrogens is 191 g/mol. The zero-order valence-electron chi connectivity index (χ0n) is 14.3. The predicted molar refractivity (Wildman–Crippen MR) is 58.9 cm³/mol. The molecule has 1 aliphatic heterocycles. The van der Waals surface area contributed by atoms with Gasteiger partial charge in [-0.1, -0.05) is 0 Å². The second-order valence-corrected chi connectivity index (χ2v) is 4.62. The second-order valence-electron chi connectivity index (χ2n) is 4.62.